The molecule has 25 heavy (non-hydrogen) atoms. The van der Waals surface area contributed by atoms with Crippen LogP contribution in [0.3, 0.4) is 0 Å². The molecule has 0 aliphatic heterocycles. The molecule has 2 aromatic heterocycles. The third-order valence-corrected chi connectivity index (χ3v) is 5.39. The maximum atomic E-state index is 14.0. The molecule has 9 heteroatoms. The van der Waals surface area contributed by atoms with Crippen molar-refractivity contribution in [3.63, 3.8) is 0 Å². The molecule has 6 nitrogen and oxygen atoms in total. The average molecular weight is 383 g/mol. The first-order chi connectivity index (χ1) is 12.0. The van der Waals surface area contributed by atoms with Gasteiger partial charge in [-0.2, -0.15) is 0 Å². The number of amides is 1. The molecule has 0 atom stereocenters. The van der Waals surface area contributed by atoms with Gasteiger partial charge in [-0.3, -0.25) is 4.79 Å². The first-order valence-corrected chi connectivity index (χ1v) is 8.70. The predicted octanol–water partition coefficient (Wildman–Crippen LogP) is 3.20. The number of rotatable bonds is 6. The Kier molecular flexibility index (Phi) is 5.31. The summed E-state index contributed by atoms with van der Waals surface area (Å²) in [6.45, 7) is 1.37. The Morgan fingerprint density at radius 3 is 3.00 bits per heavy atom. The van der Waals surface area contributed by atoms with Crippen LogP contribution in [0.15, 0.2) is 24.5 Å². The Morgan fingerprint density at radius 1 is 1.48 bits per heavy atom. The fourth-order valence-electron chi connectivity index (χ4n) is 2.44. The lowest BCUT2D eigenvalue weighted by atomic mass is 10.2. The lowest BCUT2D eigenvalue weighted by Crippen LogP contribution is -2.27. The van der Waals surface area contributed by atoms with E-state index in [4.69, 9.17) is 16.3 Å². The highest BCUT2D eigenvalue weighted by molar-refractivity contribution is 7.21. The van der Waals surface area contributed by atoms with Crippen LogP contribution < -0.4 is 0 Å². The van der Waals surface area contributed by atoms with E-state index in [2.05, 4.69) is 10.2 Å². The topological polar surface area (TPSA) is 60.2 Å². The molecule has 1 aromatic carbocycles. The van der Waals surface area contributed by atoms with E-state index in [0.29, 0.717) is 28.6 Å². The summed E-state index contributed by atoms with van der Waals surface area (Å²) in [5.74, 6) is -0.0806. The van der Waals surface area contributed by atoms with Gasteiger partial charge in [0, 0.05) is 30.8 Å². The number of hydrogen-bond donors (Lipinski definition) is 0. The van der Waals surface area contributed by atoms with Gasteiger partial charge in [0.15, 0.2) is 5.82 Å². The molecule has 1 amide bonds. The third kappa shape index (κ3) is 3.51. The van der Waals surface area contributed by atoms with Crippen LogP contribution in [0, 0.1) is 5.82 Å². The Labute approximate surface area is 152 Å². The Bertz CT molecular complexity index is 911. The largest absolute Gasteiger partial charge is 0.383 e. The van der Waals surface area contributed by atoms with Crippen molar-refractivity contribution in [1.82, 2.24) is 19.7 Å². The Hall–Kier alpha value is -2.03. The molecule has 0 spiro atoms. The smallest absolute Gasteiger partial charge is 0.265 e. The second-order valence-electron chi connectivity index (χ2n) is 5.45. The number of halogens is 2. The summed E-state index contributed by atoms with van der Waals surface area (Å²) in [5.41, 5.74) is 0. The van der Waals surface area contributed by atoms with Gasteiger partial charge in [-0.15, -0.1) is 21.5 Å². The Morgan fingerprint density at radius 2 is 2.28 bits per heavy atom. The highest BCUT2D eigenvalue weighted by Crippen LogP contribution is 2.37. The fraction of sp³-hybridized carbons (Fsp3) is 0.312. The van der Waals surface area contributed by atoms with Crippen molar-refractivity contribution in [3.8, 4) is 0 Å². The first kappa shape index (κ1) is 17.8. The molecule has 3 rings (SSSR count). The van der Waals surface area contributed by atoms with Gasteiger partial charge in [-0.1, -0.05) is 17.7 Å². The zero-order chi connectivity index (χ0) is 18.0. The predicted molar refractivity (Wildman–Crippen MR) is 94.5 cm³/mol. The zero-order valence-electron chi connectivity index (χ0n) is 13.7. The van der Waals surface area contributed by atoms with E-state index in [-0.39, 0.29) is 22.9 Å². The van der Waals surface area contributed by atoms with Crippen LogP contribution in [0.5, 0.6) is 0 Å². The van der Waals surface area contributed by atoms with Crippen molar-refractivity contribution >= 4 is 38.9 Å². The SMILES string of the molecule is COCCn1cnnc1CN(C)C(=O)c1sc2cccc(F)c2c1Cl. The lowest BCUT2D eigenvalue weighted by molar-refractivity contribution is 0.0784. The summed E-state index contributed by atoms with van der Waals surface area (Å²) in [5, 5.41) is 8.34. The number of benzene rings is 1. The van der Waals surface area contributed by atoms with Crippen molar-refractivity contribution in [1.29, 1.82) is 0 Å². The molecule has 132 valence electrons. The van der Waals surface area contributed by atoms with E-state index < -0.39 is 5.82 Å². The van der Waals surface area contributed by atoms with Crippen molar-refractivity contribution in [2.45, 2.75) is 13.1 Å². The molecule has 0 bridgehead atoms. The number of carbonyl (C=O) groups excluding carboxylic acids is 1. The molecule has 0 aliphatic carbocycles. The van der Waals surface area contributed by atoms with E-state index >= 15 is 0 Å². The summed E-state index contributed by atoms with van der Waals surface area (Å²) < 4.78 is 21.5. The van der Waals surface area contributed by atoms with E-state index in [0.717, 1.165) is 0 Å². The second-order valence-corrected chi connectivity index (χ2v) is 6.88. The van der Waals surface area contributed by atoms with E-state index in [1.165, 1.54) is 22.3 Å². The summed E-state index contributed by atoms with van der Waals surface area (Å²) in [6.07, 6.45) is 1.59. The van der Waals surface area contributed by atoms with Crippen LogP contribution >= 0.6 is 22.9 Å². The maximum absolute atomic E-state index is 14.0. The van der Waals surface area contributed by atoms with Crippen LogP contribution in [0.1, 0.15) is 15.5 Å². The number of fused-ring (bicyclic) bond motifs is 1. The van der Waals surface area contributed by atoms with Gasteiger partial charge >= 0.3 is 0 Å². The minimum Gasteiger partial charge on any atom is -0.383 e. The molecule has 0 saturated heterocycles. The van der Waals surface area contributed by atoms with Gasteiger partial charge < -0.3 is 14.2 Å². The molecule has 0 saturated carbocycles. The highest BCUT2D eigenvalue weighted by atomic mass is 35.5. The zero-order valence-corrected chi connectivity index (χ0v) is 15.3. The molecule has 2 heterocycles. The second kappa shape index (κ2) is 7.47. The van der Waals surface area contributed by atoms with Gasteiger partial charge in [0.05, 0.1) is 18.2 Å². The number of aromatic nitrogens is 3. The van der Waals surface area contributed by atoms with Crippen molar-refractivity contribution in [3.05, 3.63) is 46.1 Å². The van der Waals surface area contributed by atoms with E-state index in [1.807, 2.05) is 4.57 Å². The Balaban J connectivity index is 1.83. The van der Waals surface area contributed by atoms with Gasteiger partial charge in [-0.05, 0) is 12.1 Å². The molecule has 0 fully saturated rings. The maximum Gasteiger partial charge on any atom is 0.265 e. The van der Waals surface area contributed by atoms with Crippen LogP contribution in [0.4, 0.5) is 4.39 Å². The quantitative estimate of drug-likeness (QED) is 0.656. The van der Waals surface area contributed by atoms with Crippen LogP contribution in [-0.2, 0) is 17.8 Å². The number of nitrogens with zero attached hydrogens (tertiary/aromatic N) is 4. The van der Waals surface area contributed by atoms with Crippen molar-refractivity contribution in [2.75, 3.05) is 20.8 Å². The molecular formula is C16H16ClFN4O2S. The van der Waals surface area contributed by atoms with E-state index in [9.17, 15) is 9.18 Å². The third-order valence-electron chi connectivity index (χ3n) is 3.76. The monoisotopic (exact) mass is 382 g/mol. The number of methoxy groups -OCH3 is 1. The molecular weight excluding hydrogens is 367 g/mol. The number of hydrogen-bond acceptors (Lipinski definition) is 5. The van der Waals surface area contributed by atoms with Crippen molar-refractivity contribution < 1.29 is 13.9 Å². The number of carbonyl (C=O) groups is 1. The fourth-order valence-corrected chi connectivity index (χ4v) is 3.99. The number of thiophene rings is 1. The molecule has 0 unspecified atom stereocenters. The van der Waals surface area contributed by atoms with Gasteiger partial charge in [0.2, 0.25) is 0 Å². The molecule has 0 radical (unpaired) electrons. The summed E-state index contributed by atoms with van der Waals surface area (Å²) in [4.78, 5) is 14.5. The average Bonchev–Trinajstić information content (AvgIpc) is 3.17. The minimum absolute atomic E-state index is 0.149. The molecule has 0 N–H and O–H groups in total. The number of ether oxygens (including phenoxy) is 1. The van der Waals surface area contributed by atoms with Crippen LogP contribution in [0.25, 0.3) is 10.1 Å². The molecule has 0 aliphatic rings. The van der Waals surface area contributed by atoms with Gasteiger partial charge in [-0.25, -0.2) is 4.39 Å². The summed E-state index contributed by atoms with van der Waals surface area (Å²) >= 11 is 7.44. The van der Waals surface area contributed by atoms with Crippen LogP contribution in [-0.4, -0.2) is 46.3 Å². The normalized spacial score (nSPS) is 11.2. The van der Waals surface area contributed by atoms with Crippen molar-refractivity contribution in [2.24, 2.45) is 0 Å². The minimum atomic E-state index is -0.431. The van der Waals surface area contributed by atoms with Gasteiger partial charge in [0.1, 0.15) is 17.0 Å². The van der Waals surface area contributed by atoms with Crippen LogP contribution in [0.2, 0.25) is 5.02 Å². The standard InChI is InChI=1S/C16H16ClFN4O2S/c1-21(8-12-20-19-9-22(12)6-7-24-2)16(23)15-14(17)13-10(18)4-3-5-11(13)25-15/h3-5,9H,6-8H2,1-2H3. The lowest BCUT2D eigenvalue weighted by Gasteiger charge is -2.16. The summed E-state index contributed by atoms with van der Waals surface area (Å²) in [6, 6.07) is 4.67. The first-order valence-electron chi connectivity index (χ1n) is 7.50. The molecule has 3 aromatic rings. The van der Waals surface area contributed by atoms with Gasteiger partial charge in [0.25, 0.3) is 5.91 Å². The summed E-state index contributed by atoms with van der Waals surface area (Å²) in [7, 11) is 3.26. The van der Waals surface area contributed by atoms with E-state index in [1.54, 1.807) is 32.6 Å². The highest BCUT2D eigenvalue weighted by Gasteiger charge is 2.23.